The molecule has 0 radical (unpaired) electrons. The van der Waals surface area contributed by atoms with Crippen molar-refractivity contribution in [1.82, 2.24) is 10.2 Å². The van der Waals surface area contributed by atoms with Crippen molar-refractivity contribution in [1.29, 1.82) is 0 Å². The van der Waals surface area contributed by atoms with Gasteiger partial charge in [-0.3, -0.25) is 9.59 Å². The Bertz CT molecular complexity index is 1360. The molecule has 5 rings (SSSR count). The van der Waals surface area contributed by atoms with Gasteiger partial charge in [0.05, 0.1) is 23.7 Å². The standard InChI is InChI=1S/C28H29FN2O5/c1-18-6-7-21-19(16-26(33)35-24(21)14-18)15-25(32)31-12-10-28(11-13-31)9-8-20(36-28)17-30-27(34)22-4-2-3-5-23(22)29/h2-7,14,16,20H,8-13,15,17H2,1H3,(H,30,34)/t20-/m1/s1. The molecule has 1 N–H and O–H groups in total. The van der Waals surface area contributed by atoms with Crippen molar-refractivity contribution in [2.24, 2.45) is 0 Å². The van der Waals surface area contributed by atoms with E-state index in [0.29, 0.717) is 43.6 Å². The van der Waals surface area contributed by atoms with Gasteiger partial charge in [-0.25, -0.2) is 9.18 Å². The summed E-state index contributed by atoms with van der Waals surface area (Å²) in [5, 5.41) is 3.56. The number of halogens is 1. The van der Waals surface area contributed by atoms with Crippen molar-refractivity contribution in [3.63, 3.8) is 0 Å². The zero-order valence-corrected chi connectivity index (χ0v) is 20.2. The fourth-order valence-electron chi connectivity index (χ4n) is 5.28. The van der Waals surface area contributed by atoms with E-state index < -0.39 is 17.3 Å². The summed E-state index contributed by atoms with van der Waals surface area (Å²) in [5.41, 5.74) is 1.42. The number of ether oxygens (including phenoxy) is 1. The monoisotopic (exact) mass is 492 g/mol. The minimum absolute atomic E-state index is 0.0241. The number of rotatable bonds is 5. The lowest BCUT2D eigenvalue weighted by Gasteiger charge is -2.39. The summed E-state index contributed by atoms with van der Waals surface area (Å²) in [6, 6.07) is 12.9. The van der Waals surface area contributed by atoms with Crippen molar-refractivity contribution < 1.29 is 23.1 Å². The van der Waals surface area contributed by atoms with Crippen LogP contribution in [0.1, 0.15) is 47.2 Å². The Kier molecular flexibility index (Phi) is 6.62. The van der Waals surface area contributed by atoms with E-state index in [2.05, 4.69) is 5.32 Å². The van der Waals surface area contributed by atoms with E-state index in [1.807, 2.05) is 30.0 Å². The van der Waals surface area contributed by atoms with Crippen molar-refractivity contribution in [3.05, 3.63) is 81.5 Å². The maximum atomic E-state index is 13.8. The molecule has 1 atom stereocenters. The number of benzene rings is 2. The molecule has 0 bridgehead atoms. The molecular formula is C28H29FN2O5. The zero-order valence-electron chi connectivity index (χ0n) is 20.2. The van der Waals surface area contributed by atoms with Crippen LogP contribution >= 0.6 is 0 Å². The lowest BCUT2D eigenvalue weighted by molar-refractivity contribution is -0.136. The van der Waals surface area contributed by atoms with Gasteiger partial charge in [0.1, 0.15) is 11.4 Å². The van der Waals surface area contributed by atoms with Crippen LogP contribution in [0.2, 0.25) is 0 Å². The zero-order chi connectivity index (χ0) is 25.3. The first kappa shape index (κ1) is 24.2. The highest BCUT2D eigenvalue weighted by Gasteiger charge is 2.43. The maximum Gasteiger partial charge on any atom is 0.336 e. The molecule has 2 aliphatic rings. The van der Waals surface area contributed by atoms with Gasteiger partial charge in [-0.1, -0.05) is 24.3 Å². The summed E-state index contributed by atoms with van der Waals surface area (Å²) in [4.78, 5) is 39.2. The number of likely N-dealkylation sites (tertiary alicyclic amines) is 1. The summed E-state index contributed by atoms with van der Waals surface area (Å²) in [7, 11) is 0. The number of aryl methyl sites for hydroxylation is 1. The molecule has 2 aromatic carbocycles. The Morgan fingerprint density at radius 2 is 1.89 bits per heavy atom. The van der Waals surface area contributed by atoms with Crippen LogP contribution in [0.3, 0.4) is 0 Å². The Morgan fingerprint density at radius 1 is 1.11 bits per heavy atom. The predicted octanol–water partition coefficient (Wildman–Crippen LogP) is 3.75. The van der Waals surface area contributed by atoms with Crippen LogP contribution in [0.25, 0.3) is 11.0 Å². The van der Waals surface area contributed by atoms with E-state index in [1.165, 1.54) is 18.2 Å². The van der Waals surface area contributed by atoms with E-state index >= 15 is 0 Å². The highest BCUT2D eigenvalue weighted by Crippen LogP contribution is 2.39. The second kappa shape index (κ2) is 9.85. The van der Waals surface area contributed by atoms with Crippen LogP contribution < -0.4 is 10.9 Å². The lowest BCUT2D eigenvalue weighted by atomic mass is 9.88. The molecule has 2 aliphatic heterocycles. The van der Waals surface area contributed by atoms with Crippen LogP contribution in [0.5, 0.6) is 0 Å². The fourth-order valence-corrected chi connectivity index (χ4v) is 5.28. The summed E-state index contributed by atoms with van der Waals surface area (Å²) < 4.78 is 25.5. The van der Waals surface area contributed by atoms with Gasteiger partial charge in [0, 0.05) is 31.1 Å². The predicted molar refractivity (Wildman–Crippen MR) is 132 cm³/mol. The normalized spacial score (nSPS) is 19.1. The molecule has 7 nitrogen and oxygen atoms in total. The van der Waals surface area contributed by atoms with Gasteiger partial charge in [-0.05, 0) is 61.9 Å². The molecule has 8 heteroatoms. The third-order valence-electron chi connectivity index (χ3n) is 7.30. The van der Waals surface area contributed by atoms with Gasteiger partial charge in [-0.2, -0.15) is 0 Å². The molecule has 0 saturated carbocycles. The van der Waals surface area contributed by atoms with Gasteiger partial charge in [0.15, 0.2) is 0 Å². The van der Waals surface area contributed by atoms with Gasteiger partial charge in [0.25, 0.3) is 5.91 Å². The Balaban J connectivity index is 1.15. The van der Waals surface area contributed by atoms with Gasteiger partial charge >= 0.3 is 5.63 Å². The van der Waals surface area contributed by atoms with E-state index in [-0.39, 0.29) is 29.6 Å². The molecule has 3 heterocycles. The van der Waals surface area contributed by atoms with Crippen LogP contribution in [0, 0.1) is 12.7 Å². The highest BCUT2D eigenvalue weighted by atomic mass is 19.1. The molecule has 2 saturated heterocycles. The Morgan fingerprint density at radius 3 is 2.67 bits per heavy atom. The smallest absolute Gasteiger partial charge is 0.336 e. The molecule has 36 heavy (non-hydrogen) atoms. The Hall–Kier alpha value is -3.52. The third kappa shape index (κ3) is 5.04. The number of nitrogens with zero attached hydrogens (tertiary/aromatic N) is 1. The molecule has 188 valence electrons. The van der Waals surface area contributed by atoms with Crippen LogP contribution in [0.4, 0.5) is 4.39 Å². The minimum atomic E-state index is -0.546. The van der Waals surface area contributed by atoms with E-state index in [9.17, 15) is 18.8 Å². The molecular weight excluding hydrogens is 463 g/mol. The van der Waals surface area contributed by atoms with Gasteiger partial charge in [0.2, 0.25) is 5.91 Å². The quantitative estimate of drug-likeness (QED) is 0.548. The van der Waals surface area contributed by atoms with Crippen molar-refractivity contribution >= 4 is 22.8 Å². The summed E-state index contributed by atoms with van der Waals surface area (Å²) in [5.74, 6) is -1.02. The molecule has 3 aromatic rings. The number of nitrogens with one attached hydrogen (secondary N) is 1. The number of fused-ring (bicyclic) bond motifs is 1. The van der Waals surface area contributed by atoms with Crippen LogP contribution in [0.15, 0.2) is 57.7 Å². The maximum absolute atomic E-state index is 13.8. The third-order valence-corrected chi connectivity index (χ3v) is 7.30. The number of hydrogen-bond acceptors (Lipinski definition) is 5. The largest absolute Gasteiger partial charge is 0.423 e. The van der Waals surface area contributed by atoms with Gasteiger partial charge < -0.3 is 19.4 Å². The molecule has 1 aromatic heterocycles. The molecule has 1 spiro atoms. The second-order valence-corrected chi connectivity index (χ2v) is 9.80. The van der Waals surface area contributed by atoms with E-state index in [1.54, 1.807) is 12.1 Å². The lowest BCUT2D eigenvalue weighted by Crippen LogP contribution is -2.47. The number of amides is 2. The SMILES string of the molecule is Cc1ccc2c(CC(=O)N3CCC4(CC[C@H](CNC(=O)c5ccccc5F)O4)CC3)cc(=O)oc2c1. The van der Waals surface area contributed by atoms with Crippen LogP contribution in [-0.4, -0.2) is 48.1 Å². The molecule has 0 aliphatic carbocycles. The molecule has 2 amide bonds. The highest BCUT2D eigenvalue weighted by molar-refractivity contribution is 5.94. The fraction of sp³-hybridized carbons (Fsp3) is 0.393. The number of carbonyl (C=O) groups excluding carboxylic acids is 2. The molecule has 2 fully saturated rings. The summed E-state index contributed by atoms with van der Waals surface area (Å²) in [6.45, 7) is 3.39. The second-order valence-electron chi connectivity index (χ2n) is 9.80. The average molecular weight is 493 g/mol. The number of piperidine rings is 1. The first-order chi connectivity index (χ1) is 17.3. The first-order valence-corrected chi connectivity index (χ1v) is 12.3. The van der Waals surface area contributed by atoms with Crippen molar-refractivity contribution in [2.45, 2.75) is 50.7 Å². The van der Waals surface area contributed by atoms with Crippen molar-refractivity contribution in [2.75, 3.05) is 19.6 Å². The van der Waals surface area contributed by atoms with E-state index in [0.717, 1.165) is 23.8 Å². The number of hydrogen-bond donors (Lipinski definition) is 1. The Labute approximate surface area is 208 Å². The average Bonchev–Trinajstić information content (AvgIpc) is 3.25. The summed E-state index contributed by atoms with van der Waals surface area (Å²) >= 11 is 0. The number of carbonyl (C=O) groups is 2. The van der Waals surface area contributed by atoms with E-state index in [4.69, 9.17) is 9.15 Å². The topological polar surface area (TPSA) is 88.9 Å². The minimum Gasteiger partial charge on any atom is -0.423 e. The first-order valence-electron chi connectivity index (χ1n) is 12.3. The molecule has 0 unspecified atom stereocenters. The van der Waals surface area contributed by atoms with Crippen molar-refractivity contribution in [3.8, 4) is 0 Å². The van der Waals surface area contributed by atoms with Crippen LogP contribution in [-0.2, 0) is 16.0 Å². The van der Waals surface area contributed by atoms with Gasteiger partial charge in [-0.15, -0.1) is 0 Å². The summed E-state index contributed by atoms with van der Waals surface area (Å²) in [6.07, 6.45) is 3.10.